The Hall–Kier alpha value is -1.58. The molecule has 0 fully saturated rings. The first-order valence-corrected chi connectivity index (χ1v) is 7.06. The number of halogens is 1. The Morgan fingerprint density at radius 3 is 2.55 bits per heavy atom. The second-order valence-corrected chi connectivity index (χ2v) is 5.35. The fourth-order valence-electron chi connectivity index (χ4n) is 1.73. The highest BCUT2D eigenvalue weighted by molar-refractivity contribution is 6.32. The van der Waals surface area contributed by atoms with Crippen molar-refractivity contribution in [3.63, 3.8) is 0 Å². The van der Waals surface area contributed by atoms with E-state index >= 15 is 0 Å². The number of pyridine rings is 1. The van der Waals surface area contributed by atoms with E-state index in [0.717, 1.165) is 17.7 Å². The van der Waals surface area contributed by atoms with Gasteiger partial charge in [0.05, 0.1) is 5.02 Å². The maximum absolute atomic E-state index is 6.25. The highest BCUT2D eigenvalue weighted by atomic mass is 35.5. The molecule has 106 valence electrons. The second-order valence-electron chi connectivity index (χ2n) is 4.94. The van der Waals surface area contributed by atoms with Crippen molar-refractivity contribution in [1.82, 2.24) is 10.3 Å². The largest absolute Gasteiger partial charge is 0.487 e. The summed E-state index contributed by atoms with van der Waals surface area (Å²) in [5.41, 5.74) is 2.22. The lowest BCUT2D eigenvalue weighted by atomic mass is 10.2. The van der Waals surface area contributed by atoms with Crippen molar-refractivity contribution in [2.24, 2.45) is 0 Å². The monoisotopic (exact) mass is 290 g/mol. The van der Waals surface area contributed by atoms with E-state index < -0.39 is 0 Å². The van der Waals surface area contributed by atoms with Gasteiger partial charge in [0.1, 0.15) is 12.4 Å². The number of aromatic nitrogens is 1. The summed E-state index contributed by atoms with van der Waals surface area (Å²) in [7, 11) is 0. The van der Waals surface area contributed by atoms with Gasteiger partial charge in [-0.1, -0.05) is 31.5 Å². The Balaban J connectivity index is 1.95. The molecule has 4 heteroatoms. The quantitative estimate of drug-likeness (QED) is 0.878. The third-order valence-electron chi connectivity index (χ3n) is 2.85. The predicted octanol–water partition coefficient (Wildman–Crippen LogP) is 3.81. The van der Waals surface area contributed by atoms with E-state index in [9.17, 15) is 0 Å². The normalized spacial score (nSPS) is 10.8. The van der Waals surface area contributed by atoms with Crippen molar-refractivity contribution in [3.8, 4) is 5.75 Å². The summed E-state index contributed by atoms with van der Waals surface area (Å²) < 4.78 is 5.72. The average Bonchev–Trinajstić information content (AvgIpc) is 2.45. The van der Waals surface area contributed by atoms with E-state index in [1.165, 1.54) is 0 Å². The number of ether oxygens (including phenoxy) is 1. The third-order valence-corrected chi connectivity index (χ3v) is 3.15. The van der Waals surface area contributed by atoms with Crippen LogP contribution in [0.15, 0.2) is 42.7 Å². The molecule has 0 atom stereocenters. The highest BCUT2D eigenvalue weighted by Gasteiger charge is 2.04. The summed E-state index contributed by atoms with van der Waals surface area (Å²) >= 11 is 6.25. The molecule has 0 saturated heterocycles. The van der Waals surface area contributed by atoms with Crippen LogP contribution in [-0.2, 0) is 13.2 Å². The van der Waals surface area contributed by atoms with Crippen LogP contribution in [0.1, 0.15) is 25.0 Å². The maximum atomic E-state index is 6.25. The van der Waals surface area contributed by atoms with Crippen LogP contribution in [0.5, 0.6) is 5.75 Å². The third kappa shape index (κ3) is 4.51. The molecule has 1 N–H and O–H groups in total. The zero-order valence-electron chi connectivity index (χ0n) is 11.8. The molecule has 0 aliphatic carbocycles. The number of hydrogen-bond acceptors (Lipinski definition) is 3. The van der Waals surface area contributed by atoms with Gasteiger partial charge in [0.2, 0.25) is 0 Å². The fourth-order valence-corrected chi connectivity index (χ4v) is 1.99. The molecule has 2 rings (SSSR count). The van der Waals surface area contributed by atoms with Gasteiger partial charge < -0.3 is 10.1 Å². The first kappa shape index (κ1) is 14.8. The molecule has 2 aromatic rings. The first-order valence-electron chi connectivity index (χ1n) is 6.68. The van der Waals surface area contributed by atoms with Gasteiger partial charge in [-0.2, -0.15) is 0 Å². The molecule has 1 heterocycles. The molecule has 0 amide bonds. The van der Waals surface area contributed by atoms with Crippen LogP contribution in [0.4, 0.5) is 0 Å². The molecule has 0 unspecified atom stereocenters. The Kier molecular flexibility index (Phi) is 5.39. The van der Waals surface area contributed by atoms with Crippen molar-refractivity contribution in [2.75, 3.05) is 0 Å². The molecule has 0 aliphatic rings. The summed E-state index contributed by atoms with van der Waals surface area (Å²) in [6.45, 7) is 5.54. The molecule has 0 aliphatic heterocycles. The number of hydrogen-bond donors (Lipinski definition) is 1. The molecule has 1 aromatic heterocycles. The topological polar surface area (TPSA) is 34.1 Å². The second kappa shape index (κ2) is 7.27. The lowest BCUT2D eigenvalue weighted by molar-refractivity contribution is 0.306. The van der Waals surface area contributed by atoms with Crippen molar-refractivity contribution < 1.29 is 4.74 Å². The van der Waals surface area contributed by atoms with E-state index in [1.807, 2.05) is 30.3 Å². The van der Waals surface area contributed by atoms with Gasteiger partial charge >= 0.3 is 0 Å². The summed E-state index contributed by atoms with van der Waals surface area (Å²) in [5.74, 6) is 0.705. The lowest BCUT2D eigenvalue weighted by Gasteiger charge is -2.11. The predicted molar refractivity (Wildman–Crippen MR) is 82.0 cm³/mol. The smallest absolute Gasteiger partial charge is 0.138 e. The number of benzene rings is 1. The molecule has 0 radical (unpaired) electrons. The van der Waals surface area contributed by atoms with Crippen molar-refractivity contribution in [3.05, 3.63) is 58.9 Å². The average molecular weight is 291 g/mol. The van der Waals surface area contributed by atoms with E-state index in [1.54, 1.807) is 12.4 Å². The lowest BCUT2D eigenvalue weighted by Crippen LogP contribution is -2.21. The van der Waals surface area contributed by atoms with Gasteiger partial charge in [0, 0.05) is 25.0 Å². The van der Waals surface area contributed by atoms with E-state index in [0.29, 0.717) is 23.4 Å². The Morgan fingerprint density at radius 1 is 1.15 bits per heavy atom. The van der Waals surface area contributed by atoms with Crippen LogP contribution in [0.2, 0.25) is 5.02 Å². The minimum absolute atomic E-state index is 0.455. The molecule has 1 aromatic carbocycles. The van der Waals surface area contributed by atoms with Crippen molar-refractivity contribution in [1.29, 1.82) is 0 Å². The van der Waals surface area contributed by atoms with Gasteiger partial charge in [0.15, 0.2) is 0 Å². The van der Waals surface area contributed by atoms with Crippen LogP contribution in [0.25, 0.3) is 0 Å². The van der Waals surface area contributed by atoms with Crippen LogP contribution in [0.3, 0.4) is 0 Å². The summed E-state index contributed by atoms with van der Waals surface area (Å²) in [6, 6.07) is 10.2. The van der Waals surface area contributed by atoms with Gasteiger partial charge in [-0.3, -0.25) is 4.98 Å². The highest BCUT2D eigenvalue weighted by Crippen LogP contribution is 2.26. The number of rotatable bonds is 6. The molecule has 0 bridgehead atoms. The Labute approximate surface area is 124 Å². The summed E-state index contributed by atoms with van der Waals surface area (Å²) in [4.78, 5) is 3.98. The van der Waals surface area contributed by atoms with Gasteiger partial charge in [-0.25, -0.2) is 0 Å². The minimum atomic E-state index is 0.455. The van der Waals surface area contributed by atoms with E-state index in [4.69, 9.17) is 16.3 Å². The fraction of sp³-hybridized carbons (Fsp3) is 0.312. The standard InChI is InChI=1S/C16H19ClN2O/c1-12(2)19-10-14-3-4-16(15(17)9-14)20-11-13-5-7-18-8-6-13/h3-9,12,19H,10-11H2,1-2H3. The summed E-state index contributed by atoms with van der Waals surface area (Å²) in [6.07, 6.45) is 3.50. The van der Waals surface area contributed by atoms with Crippen LogP contribution < -0.4 is 10.1 Å². The summed E-state index contributed by atoms with van der Waals surface area (Å²) in [5, 5.41) is 4.00. The zero-order valence-corrected chi connectivity index (χ0v) is 12.5. The minimum Gasteiger partial charge on any atom is -0.487 e. The molecular formula is C16H19ClN2O. The SMILES string of the molecule is CC(C)NCc1ccc(OCc2ccncc2)c(Cl)c1. The Morgan fingerprint density at radius 2 is 1.90 bits per heavy atom. The van der Waals surface area contributed by atoms with Crippen LogP contribution >= 0.6 is 11.6 Å². The zero-order chi connectivity index (χ0) is 14.4. The van der Waals surface area contributed by atoms with Crippen molar-refractivity contribution in [2.45, 2.75) is 33.0 Å². The van der Waals surface area contributed by atoms with Gasteiger partial charge in [-0.15, -0.1) is 0 Å². The van der Waals surface area contributed by atoms with Crippen LogP contribution in [-0.4, -0.2) is 11.0 Å². The first-order chi connectivity index (χ1) is 9.65. The molecule has 0 spiro atoms. The van der Waals surface area contributed by atoms with Gasteiger partial charge in [0.25, 0.3) is 0 Å². The van der Waals surface area contributed by atoms with E-state index in [2.05, 4.69) is 24.1 Å². The maximum Gasteiger partial charge on any atom is 0.138 e. The van der Waals surface area contributed by atoms with Crippen LogP contribution in [0, 0.1) is 0 Å². The Bertz CT molecular complexity index is 543. The molecule has 3 nitrogen and oxygen atoms in total. The van der Waals surface area contributed by atoms with E-state index in [-0.39, 0.29) is 0 Å². The van der Waals surface area contributed by atoms with Gasteiger partial charge in [-0.05, 0) is 35.4 Å². The molecular weight excluding hydrogens is 272 g/mol. The number of nitrogens with one attached hydrogen (secondary N) is 1. The van der Waals surface area contributed by atoms with Crippen molar-refractivity contribution >= 4 is 11.6 Å². The molecule has 20 heavy (non-hydrogen) atoms. The number of nitrogens with zero attached hydrogens (tertiary/aromatic N) is 1. The molecule has 0 saturated carbocycles.